The molecule has 0 aliphatic heterocycles. The van der Waals surface area contributed by atoms with Crippen LogP contribution in [0.2, 0.25) is 5.02 Å². The lowest BCUT2D eigenvalue weighted by molar-refractivity contribution is -0.140. The molecule has 0 saturated heterocycles. The summed E-state index contributed by atoms with van der Waals surface area (Å²) in [6.45, 7) is 5.68. The molecule has 2 N–H and O–H groups in total. The minimum atomic E-state index is -0.834. The van der Waals surface area contributed by atoms with Crippen molar-refractivity contribution < 1.29 is 9.90 Å². The summed E-state index contributed by atoms with van der Waals surface area (Å²) in [5, 5.41) is 12.9. The van der Waals surface area contributed by atoms with Crippen molar-refractivity contribution in [2.45, 2.75) is 32.9 Å². The first kappa shape index (κ1) is 14.0. The third-order valence-electron chi connectivity index (χ3n) is 2.73. The summed E-state index contributed by atoms with van der Waals surface area (Å²) in [5.41, 5.74) is 0.918. The average molecular weight is 256 g/mol. The normalized spacial score (nSPS) is 14.6. The molecule has 0 fully saturated rings. The van der Waals surface area contributed by atoms with Gasteiger partial charge in [0.2, 0.25) is 0 Å². The summed E-state index contributed by atoms with van der Waals surface area (Å²) < 4.78 is 0. The van der Waals surface area contributed by atoms with Gasteiger partial charge in [0.15, 0.2) is 0 Å². The van der Waals surface area contributed by atoms with Crippen molar-refractivity contribution in [2.75, 3.05) is 0 Å². The fraction of sp³-hybridized carbons (Fsp3) is 0.462. The Kier molecular flexibility index (Phi) is 4.97. The van der Waals surface area contributed by atoms with E-state index in [0.29, 0.717) is 5.02 Å². The second-order valence-electron chi connectivity index (χ2n) is 4.47. The van der Waals surface area contributed by atoms with Crippen LogP contribution in [-0.2, 0) is 4.79 Å². The maximum atomic E-state index is 11.1. The SMILES string of the molecule is CC(C)C(N[C@@H](C)c1ccccc1Cl)C(=O)O. The van der Waals surface area contributed by atoms with Gasteiger partial charge in [-0.3, -0.25) is 10.1 Å². The van der Waals surface area contributed by atoms with E-state index in [2.05, 4.69) is 5.32 Å². The van der Waals surface area contributed by atoms with Crippen LogP contribution in [0.15, 0.2) is 24.3 Å². The standard InChI is InChI=1S/C13H18ClNO2/c1-8(2)12(13(16)17)15-9(3)10-6-4-5-7-11(10)14/h4-9,12,15H,1-3H3,(H,16,17)/t9-,12?/m0/s1. The Labute approximate surface area is 107 Å². The summed E-state index contributed by atoms with van der Waals surface area (Å²) in [4.78, 5) is 11.1. The molecule has 0 aromatic heterocycles. The molecule has 0 radical (unpaired) electrons. The molecule has 0 aliphatic rings. The van der Waals surface area contributed by atoms with Gasteiger partial charge in [-0.05, 0) is 24.5 Å². The van der Waals surface area contributed by atoms with E-state index >= 15 is 0 Å². The molecule has 0 heterocycles. The maximum absolute atomic E-state index is 11.1. The van der Waals surface area contributed by atoms with Gasteiger partial charge in [0.05, 0.1) is 0 Å². The predicted octanol–water partition coefficient (Wildman–Crippen LogP) is 3.10. The van der Waals surface area contributed by atoms with E-state index in [-0.39, 0.29) is 12.0 Å². The zero-order chi connectivity index (χ0) is 13.0. The maximum Gasteiger partial charge on any atom is 0.320 e. The molecule has 4 heteroatoms. The number of hydrogen-bond acceptors (Lipinski definition) is 2. The van der Waals surface area contributed by atoms with Crippen LogP contribution in [0, 0.1) is 5.92 Å². The predicted molar refractivity (Wildman–Crippen MR) is 69.3 cm³/mol. The third-order valence-corrected chi connectivity index (χ3v) is 3.08. The van der Waals surface area contributed by atoms with Crippen molar-refractivity contribution in [1.29, 1.82) is 0 Å². The molecule has 0 aliphatic carbocycles. The minimum absolute atomic E-state index is 0.0254. The molecule has 0 saturated carbocycles. The molecule has 1 aromatic carbocycles. The summed E-state index contributed by atoms with van der Waals surface area (Å²) in [6, 6.07) is 6.80. The monoisotopic (exact) mass is 255 g/mol. The van der Waals surface area contributed by atoms with Gasteiger partial charge in [0, 0.05) is 11.1 Å². The van der Waals surface area contributed by atoms with E-state index in [1.165, 1.54) is 0 Å². The highest BCUT2D eigenvalue weighted by molar-refractivity contribution is 6.31. The Morgan fingerprint density at radius 1 is 1.29 bits per heavy atom. The van der Waals surface area contributed by atoms with E-state index in [1.54, 1.807) is 6.07 Å². The Bertz CT molecular complexity index is 393. The largest absolute Gasteiger partial charge is 0.480 e. The number of carboxylic acids is 1. The topological polar surface area (TPSA) is 49.3 Å². The minimum Gasteiger partial charge on any atom is -0.480 e. The first-order valence-corrected chi connectivity index (χ1v) is 6.04. The molecule has 1 aromatic rings. The zero-order valence-corrected chi connectivity index (χ0v) is 11.0. The Hall–Kier alpha value is -1.06. The van der Waals surface area contributed by atoms with Crippen LogP contribution < -0.4 is 5.32 Å². The average Bonchev–Trinajstić information content (AvgIpc) is 2.25. The van der Waals surface area contributed by atoms with Gasteiger partial charge >= 0.3 is 5.97 Å². The summed E-state index contributed by atoms with van der Waals surface area (Å²) >= 11 is 6.07. The van der Waals surface area contributed by atoms with Crippen LogP contribution in [0.1, 0.15) is 32.4 Å². The van der Waals surface area contributed by atoms with E-state index in [4.69, 9.17) is 16.7 Å². The van der Waals surface area contributed by atoms with E-state index < -0.39 is 12.0 Å². The molecule has 1 unspecified atom stereocenters. The first-order chi connectivity index (χ1) is 7.93. The molecular formula is C13H18ClNO2. The molecule has 0 spiro atoms. The summed E-state index contributed by atoms with van der Waals surface area (Å²) in [6.07, 6.45) is 0. The van der Waals surface area contributed by atoms with Gasteiger partial charge in [-0.15, -0.1) is 0 Å². The molecule has 2 atom stereocenters. The Morgan fingerprint density at radius 2 is 1.88 bits per heavy atom. The lowest BCUT2D eigenvalue weighted by Gasteiger charge is -2.23. The molecular weight excluding hydrogens is 238 g/mol. The van der Waals surface area contributed by atoms with Gasteiger partial charge in [0.25, 0.3) is 0 Å². The van der Waals surface area contributed by atoms with Gasteiger partial charge in [-0.25, -0.2) is 0 Å². The van der Waals surface area contributed by atoms with E-state index in [0.717, 1.165) is 5.56 Å². The number of aliphatic carboxylic acids is 1. The first-order valence-electron chi connectivity index (χ1n) is 5.66. The van der Waals surface area contributed by atoms with Crippen molar-refractivity contribution >= 4 is 17.6 Å². The lowest BCUT2D eigenvalue weighted by atomic mass is 10.0. The molecule has 0 amide bonds. The number of carbonyl (C=O) groups is 1. The fourth-order valence-corrected chi connectivity index (χ4v) is 2.03. The number of benzene rings is 1. The van der Waals surface area contributed by atoms with Crippen LogP contribution >= 0.6 is 11.6 Å². The lowest BCUT2D eigenvalue weighted by Crippen LogP contribution is -2.42. The number of rotatable bonds is 5. The number of nitrogens with one attached hydrogen (secondary N) is 1. The van der Waals surface area contributed by atoms with Gasteiger partial charge in [-0.2, -0.15) is 0 Å². The van der Waals surface area contributed by atoms with E-state index in [9.17, 15) is 4.79 Å². The van der Waals surface area contributed by atoms with E-state index in [1.807, 2.05) is 39.0 Å². The smallest absolute Gasteiger partial charge is 0.320 e. The van der Waals surface area contributed by atoms with Crippen LogP contribution in [0.4, 0.5) is 0 Å². The highest BCUT2D eigenvalue weighted by atomic mass is 35.5. The quantitative estimate of drug-likeness (QED) is 0.850. The van der Waals surface area contributed by atoms with Crippen LogP contribution in [0.3, 0.4) is 0 Å². The van der Waals surface area contributed by atoms with Crippen LogP contribution in [0.5, 0.6) is 0 Å². The van der Waals surface area contributed by atoms with Crippen molar-refractivity contribution in [1.82, 2.24) is 5.32 Å². The second kappa shape index (κ2) is 6.03. The van der Waals surface area contributed by atoms with Crippen molar-refractivity contribution in [2.24, 2.45) is 5.92 Å². The molecule has 94 valence electrons. The zero-order valence-electron chi connectivity index (χ0n) is 10.3. The van der Waals surface area contributed by atoms with Crippen LogP contribution in [0.25, 0.3) is 0 Å². The highest BCUT2D eigenvalue weighted by Crippen LogP contribution is 2.23. The summed E-state index contributed by atoms with van der Waals surface area (Å²) in [5.74, 6) is -0.809. The Balaban J connectivity index is 2.81. The van der Waals surface area contributed by atoms with Gasteiger partial charge < -0.3 is 5.11 Å². The third kappa shape index (κ3) is 3.72. The van der Waals surface area contributed by atoms with Gasteiger partial charge in [0.1, 0.15) is 6.04 Å². The Morgan fingerprint density at radius 3 is 2.35 bits per heavy atom. The molecule has 3 nitrogen and oxygen atoms in total. The number of hydrogen-bond donors (Lipinski definition) is 2. The van der Waals surface area contributed by atoms with Crippen molar-refractivity contribution in [3.8, 4) is 0 Å². The molecule has 0 bridgehead atoms. The van der Waals surface area contributed by atoms with Crippen LogP contribution in [-0.4, -0.2) is 17.1 Å². The van der Waals surface area contributed by atoms with Gasteiger partial charge in [-0.1, -0.05) is 43.6 Å². The van der Waals surface area contributed by atoms with Crippen molar-refractivity contribution in [3.63, 3.8) is 0 Å². The highest BCUT2D eigenvalue weighted by Gasteiger charge is 2.23. The summed E-state index contributed by atoms with van der Waals surface area (Å²) in [7, 11) is 0. The number of carboxylic acid groups (broad SMARTS) is 1. The molecule has 17 heavy (non-hydrogen) atoms. The van der Waals surface area contributed by atoms with Crippen molar-refractivity contribution in [3.05, 3.63) is 34.9 Å². The second-order valence-corrected chi connectivity index (χ2v) is 4.88. The molecule has 1 rings (SSSR count). The number of halogens is 1. The fourth-order valence-electron chi connectivity index (χ4n) is 1.73.